The molecule has 1 aromatic heterocycles. The van der Waals surface area contributed by atoms with E-state index in [1.54, 1.807) is 20.3 Å². The molecule has 2 atom stereocenters. The van der Waals surface area contributed by atoms with Gasteiger partial charge in [0.1, 0.15) is 5.76 Å². The molecule has 0 spiro atoms. The molecule has 34 heavy (non-hydrogen) atoms. The van der Waals surface area contributed by atoms with E-state index in [0.29, 0.717) is 28.8 Å². The van der Waals surface area contributed by atoms with Crippen LogP contribution in [-0.2, 0) is 0 Å². The highest BCUT2D eigenvalue weighted by molar-refractivity contribution is 6.21. The summed E-state index contributed by atoms with van der Waals surface area (Å²) in [6.07, 6.45) is 4.40. The second-order valence-electron chi connectivity index (χ2n) is 9.27. The average Bonchev–Trinajstić information content (AvgIpc) is 3.29. The third-order valence-corrected chi connectivity index (χ3v) is 6.94. The van der Waals surface area contributed by atoms with Crippen LogP contribution in [-0.4, -0.2) is 32.6 Å². The van der Waals surface area contributed by atoms with Crippen LogP contribution in [0, 0.1) is 0 Å². The van der Waals surface area contributed by atoms with E-state index in [2.05, 4.69) is 6.07 Å². The van der Waals surface area contributed by atoms with Gasteiger partial charge in [-0.15, -0.1) is 0 Å². The van der Waals surface area contributed by atoms with Gasteiger partial charge < -0.3 is 18.6 Å². The average molecular weight is 470 g/mol. The van der Waals surface area contributed by atoms with E-state index < -0.39 is 6.61 Å². The second-order valence-corrected chi connectivity index (χ2v) is 9.27. The predicted octanol–water partition coefficient (Wildman–Crippen LogP) is 7.05. The lowest BCUT2D eigenvalue weighted by molar-refractivity contribution is -0.0494. The Labute approximate surface area is 197 Å². The monoisotopic (exact) mass is 469 g/mol. The number of ether oxygens (including phenoxy) is 3. The third kappa shape index (κ3) is 3.81. The van der Waals surface area contributed by atoms with Gasteiger partial charge in [0, 0.05) is 28.3 Å². The lowest BCUT2D eigenvalue weighted by Crippen LogP contribution is -2.29. The van der Waals surface area contributed by atoms with Crippen LogP contribution in [0.1, 0.15) is 73.8 Å². The number of furan rings is 1. The summed E-state index contributed by atoms with van der Waals surface area (Å²) in [6.45, 7) is 1.07. The first-order chi connectivity index (χ1) is 16.4. The number of benzene rings is 2. The van der Waals surface area contributed by atoms with Crippen LogP contribution >= 0.6 is 0 Å². The summed E-state index contributed by atoms with van der Waals surface area (Å²) < 4.78 is 48.2. The fourth-order valence-electron chi connectivity index (χ4n) is 5.28. The minimum atomic E-state index is -2.94. The number of fused-ring (bicyclic) bond motifs is 4. The molecule has 2 heterocycles. The lowest BCUT2D eigenvalue weighted by atomic mass is 9.74. The van der Waals surface area contributed by atoms with Crippen molar-refractivity contribution in [2.75, 3.05) is 14.2 Å². The molecule has 2 unspecified atom stereocenters. The first kappa shape index (κ1) is 22.7. The van der Waals surface area contributed by atoms with Crippen molar-refractivity contribution in [1.29, 1.82) is 0 Å². The molecule has 1 fully saturated rings. The number of hydrogen-bond acceptors (Lipinski definition) is 5. The summed E-state index contributed by atoms with van der Waals surface area (Å²) in [4.78, 5) is 5.23. The Bertz CT molecular complexity index is 1250. The first-order valence-electron chi connectivity index (χ1n) is 11.8. The van der Waals surface area contributed by atoms with Crippen LogP contribution in [0.2, 0.25) is 0 Å². The van der Waals surface area contributed by atoms with Crippen molar-refractivity contribution < 1.29 is 27.4 Å². The van der Waals surface area contributed by atoms with Crippen LogP contribution in [0.25, 0.3) is 11.0 Å². The Hall–Kier alpha value is -3.09. The first-order valence-corrected chi connectivity index (χ1v) is 11.8. The summed E-state index contributed by atoms with van der Waals surface area (Å²) in [5, 5.41) is 0.718. The van der Waals surface area contributed by atoms with Crippen molar-refractivity contribution in [2.24, 2.45) is 4.99 Å². The maximum atomic E-state index is 13.1. The molecule has 180 valence electrons. The number of methoxy groups -OCH3 is 2. The Morgan fingerprint density at radius 2 is 1.68 bits per heavy atom. The summed E-state index contributed by atoms with van der Waals surface area (Å²) in [5.74, 6) is 2.48. The number of alkyl halides is 2. The third-order valence-electron chi connectivity index (χ3n) is 6.94. The Balaban J connectivity index is 1.75. The molecule has 0 bridgehead atoms. The molecule has 7 heteroatoms. The van der Waals surface area contributed by atoms with Gasteiger partial charge in [0.25, 0.3) is 0 Å². The Morgan fingerprint density at radius 3 is 2.38 bits per heavy atom. The summed E-state index contributed by atoms with van der Waals surface area (Å²) in [5.41, 5.74) is 4.16. The molecule has 0 radical (unpaired) electrons. The van der Waals surface area contributed by atoms with Gasteiger partial charge in [0.15, 0.2) is 22.8 Å². The highest BCUT2D eigenvalue weighted by Crippen LogP contribution is 2.46. The smallest absolute Gasteiger partial charge is 0.387 e. The van der Waals surface area contributed by atoms with Crippen molar-refractivity contribution in [3.05, 3.63) is 52.8 Å². The van der Waals surface area contributed by atoms with Crippen molar-refractivity contribution >= 4 is 16.7 Å². The zero-order valence-corrected chi connectivity index (χ0v) is 19.9. The number of nitrogens with zero attached hydrogens (tertiary/aromatic N) is 1. The summed E-state index contributed by atoms with van der Waals surface area (Å²) >= 11 is 0. The molecule has 3 aromatic rings. The Morgan fingerprint density at radius 1 is 0.941 bits per heavy atom. The molecule has 1 aliphatic heterocycles. The summed E-state index contributed by atoms with van der Waals surface area (Å²) in [7, 11) is 3.26. The molecule has 2 aliphatic rings. The van der Waals surface area contributed by atoms with Gasteiger partial charge >= 0.3 is 6.61 Å². The molecule has 0 saturated heterocycles. The number of halogens is 2. The number of hydrogen-bond donors (Lipinski definition) is 0. The van der Waals surface area contributed by atoms with Gasteiger partial charge in [-0.3, -0.25) is 4.99 Å². The van der Waals surface area contributed by atoms with Gasteiger partial charge in [-0.25, -0.2) is 0 Å². The molecule has 2 aromatic carbocycles. The van der Waals surface area contributed by atoms with E-state index in [0.717, 1.165) is 41.5 Å². The normalized spacial score (nSPS) is 19.7. The largest absolute Gasteiger partial charge is 0.493 e. The molecule has 1 aliphatic carbocycles. The Kier molecular flexibility index (Phi) is 5.96. The standard InChI is InChI=1S/C27H29F2NO4/c1-14(2)22-13-19-16(9-10-21(26(19)33-22)34-27(28)29)25-18-12-24(32-4)23(31-3)11-17(18)15-7-5-6-8-20(15)30-25/h9-15,20,27H,5-8H2,1-4H3. The zero-order chi connectivity index (χ0) is 24.0. The van der Waals surface area contributed by atoms with E-state index in [1.807, 2.05) is 32.0 Å². The lowest BCUT2D eigenvalue weighted by Gasteiger charge is -2.36. The minimum Gasteiger partial charge on any atom is -0.493 e. The fourth-order valence-corrected chi connectivity index (χ4v) is 5.28. The van der Waals surface area contributed by atoms with Crippen molar-refractivity contribution in [1.82, 2.24) is 0 Å². The number of aliphatic imine (C=N–C) groups is 1. The molecule has 1 saturated carbocycles. The van der Waals surface area contributed by atoms with Gasteiger partial charge in [0.2, 0.25) is 0 Å². The van der Waals surface area contributed by atoms with Gasteiger partial charge in [0.05, 0.1) is 26.0 Å². The SMILES string of the molecule is COc1cc2c(cc1OC)C1CCCCC1N=C2c1ccc(OC(F)F)c2oc(C(C)C)cc12. The van der Waals surface area contributed by atoms with Crippen LogP contribution in [0.15, 0.2) is 39.7 Å². The van der Waals surface area contributed by atoms with Crippen LogP contribution in [0.5, 0.6) is 17.2 Å². The minimum absolute atomic E-state index is 0.0279. The van der Waals surface area contributed by atoms with Crippen LogP contribution < -0.4 is 14.2 Å². The predicted molar refractivity (Wildman–Crippen MR) is 127 cm³/mol. The van der Waals surface area contributed by atoms with E-state index in [-0.39, 0.29) is 17.7 Å². The van der Waals surface area contributed by atoms with Gasteiger partial charge in [-0.05, 0) is 48.7 Å². The van der Waals surface area contributed by atoms with Crippen molar-refractivity contribution in [2.45, 2.75) is 64.0 Å². The maximum Gasteiger partial charge on any atom is 0.387 e. The molecule has 5 nitrogen and oxygen atoms in total. The van der Waals surface area contributed by atoms with Crippen molar-refractivity contribution in [3.63, 3.8) is 0 Å². The quantitative estimate of drug-likeness (QED) is 0.388. The number of rotatable bonds is 6. The van der Waals surface area contributed by atoms with Crippen LogP contribution in [0.3, 0.4) is 0 Å². The van der Waals surface area contributed by atoms with Gasteiger partial charge in [-0.1, -0.05) is 26.7 Å². The van der Waals surface area contributed by atoms with E-state index >= 15 is 0 Å². The van der Waals surface area contributed by atoms with Crippen molar-refractivity contribution in [3.8, 4) is 17.2 Å². The topological polar surface area (TPSA) is 53.2 Å². The summed E-state index contributed by atoms with van der Waals surface area (Å²) in [6, 6.07) is 9.50. The zero-order valence-electron chi connectivity index (χ0n) is 19.9. The van der Waals surface area contributed by atoms with E-state index in [1.165, 1.54) is 12.0 Å². The molecular formula is C27H29F2NO4. The maximum absolute atomic E-state index is 13.1. The molecule has 0 N–H and O–H groups in total. The molecular weight excluding hydrogens is 440 g/mol. The fraction of sp³-hybridized carbons (Fsp3) is 0.444. The van der Waals surface area contributed by atoms with Crippen LogP contribution in [0.4, 0.5) is 8.78 Å². The second kappa shape index (κ2) is 8.93. The van der Waals surface area contributed by atoms with E-state index in [9.17, 15) is 8.78 Å². The molecule has 5 rings (SSSR count). The highest BCUT2D eigenvalue weighted by atomic mass is 19.3. The van der Waals surface area contributed by atoms with E-state index in [4.69, 9.17) is 23.6 Å². The molecule has 0 amide bonds. The van der Waals surface area contributed by atoms with Gasteiger partial charge in [-0.2, -0.15) is 8.78 Å². The highest BCUT2D eigenvalue weighted by Gasteiger charge is 2.35.